The molecule has 10 heteroatoms. The summed E-state index contributed by atoms with van der Waals surface area (Å²) in [5.74, 6) is -0.397. The van der Waals surface area contributed by atoms with Gasteiger partial charge in [-0.25, -0.2) is 13.2 Å². The van der Waals surface area contributed by atoms with E-state index in [4.69, 9.17) is 9.47 Å². The molecule has 0 bridgehead atoms. The van der Waals surface area contributed by atoms with Gasteiger partial charge in [0.2, 0.25) is 10.0 Å². The largest absolute Gasteiger partial charge is 0.462 e. The minimum absolute atomic E-state index is 0.0574. The van der Waals surface area contributed by atoms with E-state index in [9.17, 15) is 18.0 Å². The lowest BCUT2D eigenvalue weighted by molar-refractivity contribution is 0.0526. The zero-order valence-corrected chi connectivity index (χ0v) is 20.4. The highest BCUT2D eigenvalue weighted by molar-refractivity contribution is 7.89. The van der Waals surface area contributed by atoms with Gasteiger partial charge in [0.05, 0.1) is 30.3 Å². The van der Waals surface area contributed by atoms with Crippen molar-refractivity contribution < 1.29 is 27.5 Å². The molecular formula is C23H28N2O6S2. The number of carbonyl (C=O) groups excluding carboxylic acids is 2. The number of sulfonamides is 1. The molecule has 1 aliphatic heterocycles. The predicted molar refractivity (Wildman–Crippen MR) is 125 cm³/mol. The van der Waals surface area contributed by atoms with Gasteiger partial charge in [-0.2, -0.15) is 4.31 Å². The number of nitrogens with one attached hydrogen (secondary N) is 1. The van der Waals surface area contributed by atoms with E-state index < -0.39 is 21.9 Å². The van der Waals surface area contributed by atoms with Crippen molar-refractivity contribution in [2.45, 2.75) is 38.0 Å². The van der Waals surface area contributed by atoms with Crippen molar-refractivity contribution in [3.05, 3.63) is 45.8 Å². The molecule has 1 amide bonds. The molecule has 2 heterocycles. The van der Waals surface area contributed by atoms with E-state index in [2.05, 4.69) is 12.2 Å². The standard InChI is InChI=1S/C23H28N2O6S2/c1-3-31-23(27)20-18-8-7-15(2)13-19(18)32-22(20)24-21(26)16-5-4-6-17(14-16)33(28,29)25-9-11-30-12-10-25/h4-6,14-15H,3,7-13H2,1-2H3,(H,24,26)/t15-/m1/s1. The Kier molecular flexibility index (Phi) is 7.18. The molecule has 178 valence electrons. The lowest BCUT2D eigenvalue weighted by Crippen LogP contribution is -2.40. The van der Waals surface area contributed by atoms with Crippen molar-refractivity contribution in [3.8, 4) is 0 Å². The molecule has 0 saturated carbocycles. The average Bonchev–Trinajstić information content (AvgIpc) is 3.16. The summed E-state index contributed by atoms with van der Waals surface area (Å²) in [6.45, 7) is 5.41. The van der Waals surface area contributed by atoms with Crippen LogP contribution in [0.4, 0.5) is 5.00 Å². The minimum atomic E-state index is -3.73. The highest BCUT2D eigenvalue weighted by Crippen LogP contribution is 2.40. The van der Waals surface area contributed by atoms with Gasteiger partial charge < -0.3 is 14.8 Å². The van der Waals surface area contributed by atoms with Crippen molar-refractivity contribution in [1.29, 1.82) is 0 Å². The molecule has 4 rings (SSSR count). The number of rotatable bonds is 6. The number of carbonyl (C=O) groups is 2. The maximum Gasteiger partial charge on any atom is 0.341 e. The minimum Gasteiger partial charge on any atom is -0.462 e. The first-order valence-corrected chi connectivity index (χ1v) is 13.4. The molecule has 0 unspecified atom stereocenters. The third kappa shape index (κ3) is 4.98. The molecule has 0 spiro atoms. The van der Waals surface area contributed by atoms with Crippen molar-refractivity contribution in [1.82, 2.24) is 4.31 Å². The summed E-state index contributed by atoms with van der Waals surface area (Å²) in [4.78, 5) is 26.9. The molecule has 2 aromatic rings. The quantitative estimate of drug-likeness (QED) is 0.621. The smallest absolute Gasteiger partial charge is 0.341 e. The zero-order valence-electron chi connectivity index (χ0n) is 18.8. The van der Waals surface area contributed by atoms with Crippen molar-refractivity contribution >= 4 is 38.2 Å². The van der Waals surface area contributed by atoms with E-state index in [1.165, 1.54) is 27.8 Å². The number of ether oxygens (including phenoxy) is 2. The van der Waals surface area contributed by atoms with E-state index >= 15 is 0 Å². The van der Waals surface area contributed by atoms with Gasteiger partial charge in [-0.15, -0.1) is 11.3 Å². The number of amides is 1. The molecule has 1 fully saturated rings. The third-order valence-corrected chi connectivity index (χ3v) is 8.99. The Morgan fingerprint density at radius 1 is 1.27 bits per heavy atom. The second-order valence-corrected chi connectivity index (χ2v) is 11.3. The molecule has 1 N–H and O–H groups in total. The van der Waals surface area contributed by atoms with Crippen LogP contribution in [0.25, 0.3) is 0 Å². The number of hydrogen-bond donors (Lipinski definition) is 1. The molecule has 2 aliphatic rings. The van der Waals surface area contributed by atoms with Crippen LogP contribution in [-0.2, 0) is 32.3 Å². The van der Waals surface area contributed by atoms with Gasteiger partial charge in [0, 0.05) is 23.5 Å². The van der Waals surface area contributed by atoms with Crippen LogP contribution in [0.15, 0.2) is 29.2 Å². The summed E-state index contributed by atoms with van der Waals surface area (Å²) in [6.07, 6.45) is 2.60. The maximum absolute atomic E-state index is 13.1. The SMILES string of the molecule is CCOC(=O)c1c(NC(=O)c2cccc(S(=O)(=O)N3CCOCC3)c2)sc2c1CC[C@@H](C)C2. The van der Waals surface area contributed by atoms with E-state index in [1.807, 2.05) is 0 Å². The van der Waals surface area contributed by atoms with Gasteiger partial charge in [-0.3, -0.25) is 4.79 Å². The van der Waals surface area contributed by atoms with Gasteiger partial charge in [0.25, 0.3) is 5.91 Å². The maximum atomic E-state index is 13.1. The topological polar surface area (TPSA) is 102 Å². The third-order valence-electron chi connectivity index (χ3n) is 5.92. The van der Waals surface area contributed by atoms with Crippen LogP contribution in [0.3, 0.4) is 0 Å². The summed E-state index contributed by atoms with van der Waals surface area (Å²) in [5, 5.41) is 3.30. The van der Waals surface area contributed by atoms with Crippen LogP contribution >= 0.6 is 11.3 Å². The molecule has 1 aromatic carbocycles. The van der Waals surface area contributed by atoms with E-state index in [0.717, 1.165) is 29.7 Å². The first kappa shape index (κ1) is 23.9. The van der Waals surface area contributed by atoms with Gasteiger partial charge in [0.15, 0.2) is 0 Å². The number of benzene rings is 1. The number of morpholine rings is 1. The fourth-order valence-electron chi connectivity index (χ4n) is 4.17. The van der Waals surface area contributed by atoms with E-state index in [1.54, 1.807) is 19.1 Å². The van der Waals surface area contributed by atoms with Gasteiger partial charge >= 0.3 is 5.97 Å². The number of thiophene rings is 1. The molecule has 0 radical (unpaired) electrons. The Bertz CT molecular complexity index is 1150. The number of hydrogen-bond acceptors (Lipinski definition) is 7. The fraction of sp³-hybridized carbons (Fsp3) is 0.478. The molecule has 1 atom stereocenters. The first-order valence-electron chi connectivity index (χ1n) is 11.1. The van der Waals surface area contributed by atoms with Crippen molar-refractivity contribution in [2.75, 3.05) is 38.2 Å². The molecule has 1 aliphatic carbocycles. The number of nitrogens with zero attached hydrogens (tertiary/aromatic N) is 1. The summed E-state index contributed by atoms with van der Waals surface area (Å²) >= 11 is 1.40. The van der Waals surface area contributed by atoms with Crippen LogP contribution in [0.5, 0.6) is 0 Å². The Balaban J connectivity index is 1.61. The molecular weight excluding hydrogens is 464 g/mol. The van der Waals surface area contributed by atoms with Crippen molar-refractivity contribution in [2.24, 2.45) is 5.92 Å². The first-order chi connectivity index (χ1) is 15.8. The van der Waals surface area contributed by atoms with Crippen LogP contribution in [0, 0.1) is 5.92 Å². The molecule has 33 heavy (non-hydrogen) atoms. The zero-order chi connectivity index (χ0) is 23.6. The lowest BCUT2D eigenvalue weighted by Gasteiger charge is -2.26. The number of fused-ring (bicyclic) bond motifs is 1. The Morgan fingerprint density at radius 2 is 2.03 bits per heavy atom. The average molecular weight is 493 g/mol. The highest BCUT2D eigenvalue weighted by atomic mass is 32.2. The monoisotopic (exact) mass is 492 g/mol. The second kappa shape index (κ2) is 9.92. The lowest BCUT2D eigenvalue weighted by atomic mass is 9.88. The summed E-state index contributed by atoms with van der Waals surface area (Å²) < 4.78 is 37.8. The second-order valence-electron chi connectivity index (χ2n) is 8.27. The molecule has 1 aromatic heterocycles. The number of esters is 1. The normalized spacial score (nSPS) is 19.0. The van der Waals surface area contributed by atoms with E-state index in [-0.39, 0.29) is 30.2 Å². The summed E-state index contributed by atoms with van der Waals surface area (Å²) in [5.41, 5.74) is 1.59. The van der Waals surface area contributed by atoms with E-state index in [0.29, 0.717) is 29.7 Å². The fourth-order valence-corrected chi connectivity index (χ4v) is 7.02. The summed E-state index contributed by atoms with van der Waals surface area (Å²) in [6, 6.07) is 5.97. The van der Waals surface area contributed by atoms with Crippen LogP contribution in [0.2, 0.25) is 0 Å². The van der Waals surface area contributed by atoms with Crippen LogP contribution in [0.1, 0.15) is 51.4 Å². The summed E-state index contributed by atoms with van der Waals surface area (Å²) in [7, 11) is -3.73. The van der Waals surface area contributed by atoms with Crippen LogP contribution in [-0.4, -0.2) is 57.5 Å². The highest BCUT2D eigenvalue weighted by Gasteiger charge is 2.30. The van der Waals surface area contributed by atoms with Gasteiger partial charge in [-0.05, 0) is 55.9 Å². The van der Waals surface area contributed by atoms with Crippen molar-refractivity contribution in [3.63, 3.8) is 0 Å². The van der Waals surface area contributed by atoms with Gasteiger partial charge in [-0.1, -0.05) is 13.0 Å². The molecule has 8 nitrogen and oxygen atoms in total. The predicted octanol–water partition coefficient (Wildman–Crippen LogP) is 3.32. The molecule has 1 saturated heterocycles. The Morgan fingerprint density at radius 3 is 2.76 bits per heavy atom. The van der Waals surface area contributed by atoms with Crippen LogP contribution < -0.4 is 5.32 Å². The number of anilines is 1. The Hall–Kier alpha value is -2.27. The van der Waals surface area contributed by atoms with Gasteiger partial charge in [0.1, 0.15) is 5.00 Å². The Labute approximate surface area is 197 Å².